The number of ether oxygens (including phenoxy) is 1. The first-order valence-corrected chi connectivity index (χ1v) is 16.4. The molecule has 13 heteroatoms. The number of hydrogen-bond donors (Lipinski definition) is 2. The van der Waals surface area contributed by atoms with Gasteiger partial charge in [-0.1, -0.05) is 54.6 Å². The van der Waals surface area contributed by atoms with Crippen LogP contribution in [-0.4, -0.2) is 52.9 Å². The lowest BCUT2D eigenvalue weighted by Gasteiger charge is -2.49. The number of hydrogen-bond acceptors (Lipinski definition) is 5. The number of benzene rings is 4. The Morgan fingerprint density at radius 1 is 0.961 bits per heavy atom. The number of carbonyl (C=O) groups excluding carboxylic acids is 1. The van der Waals surface area contributed by atoms with Gasteiger partial charge in [0, 0.05) is 37.6 Å². The highest BCUT2D eigenvalue weighted by molar-refractivity contribution is 6.02. The van der Waals surface area contributed by atoms with Crippen LogP contribution in [0.3, 0.4) is 0 Å². The zero-order valence-corrected chi connectivity index (χ0v) is 27.3. The van der Waals surface area contributed by atoms with Crippen LogP contribution in [0.2, 0.25) is 0 Å². The fourth-order valence-electron chi connectivity index (χ4n) is 7.36. The molecule has 264 valence electrons. The number of carboxylic acid groups (broad SMARTS) is 1. The van der Waals surface area contributed by atoms with Crippen LogP contribution in [0.15, 0.2) is 77.6 Å². The van der Waals surface area contributed by atoms with Crippen LogP contribution < -0.4 is 15.8 Å². The fraction of sp³-hybridized carbons (Fsp3) is 0.289. The van der Waals surface area contributed by atoms with E-state index in [0.29, 0.717) is 30.6 Å². The lowest BCUT2D eigenvalue weighted by atomic mass is 9.79. The second-order valence-electron chi connectivity index (χ2n) is 13.1. The number of aromatic nitrogens is 1. The number of halogens is 5. The van der Waals surface area contributed by atoms with Crippen molar-refractivity contribution in [3.05, 3.63) is 111 Å². The molecule has 2 N–H and O–H groups in total. The molecule has 1 aliphatic carbocycles. The highest BCUT2D eigenvalue weighted by atomic mass is 19.4. The van der Waals surface area contributed by atoms with Gasteiger partial charge in [0.25, 0.3) is 11.5 Å². The zero-order valence-electron chi connectivity index (χ0n) is 27.3. The van der Waals surface area contributed by atoms with Crippen molar-refractivity contribution in [1.29, 1.82) is 0 Å². The normalized spacial score (nSPS) is 16.3. The van der Waals surface area contributed by atoms with E-state index in [1.807, 2.05) is 0 Å². The summed E-state index contributed by atoms with van der Waals surface area (Å²) in [6.45, 7) is 1.26. The van der Waals surface area contributed by atoms with Crippen LogP contribution in [0.5, 0.6) is 0 Å². The Morgan fingerprint density at radius 3 is 2.29 bits per heavy atom. The van der Waals surface area contributed by atoms with Crippen LogP contribution in [0.4, 0.5) is 27.6 Å². The minimum absolute atomic E-state index is 0.0170. The van der Waals surface area contributed by atoms with Gasteiger partial charge in [-0.15, -0.1) is 0 Å². The third-order valence-corrected chi connectivity index (χ3v) is 10.0. The van der Waals surface area contributed by atoms with E-state index in [9.17, 15) is 32.7 Å². The topological polar surface area (TPSA) is 101 Å². The number of nitrogens with zero attached hydrogens (tertiary/aromatic N) is 2. The maximum Gasteiger partial charge on any atom is 0.417 e. The van der Waals surface area contributed by atoms with Crippen molar-refractivity contribution in [1.82, 2.24) is 9.88 Å². The van der Waals surface area contributed by atoms with Gasteiger partial charge in [-0.25, -0.2) is 13.6 Å². The minimum atomic E-state index is -4.90. The van der Waals surface area contributed by atoms with Crippen LogP contribution in [0, 0.1) is 11.6 Å². The van der Waals surface area contributed by atoms with Gasteiger partial charge >= 0.3 is 12.1 Å². The highest BCUT2D eigenvalue weighted by Crippen LogP contribution is 2.42. The summed E-state index contributed by atoms with van der Waals surface area (Å²) in [5.41, 5.74) is -3.19. The summed E-state index contributed by atoms with van der Waals surface area (Å²) in [4.78, 5) is 41.0. The van der Waals surface area contributed by atoms with E-state index in [1.54, 1.807) is 11.0 Å². The van der Waals surface area contributed by atoms with Crippen molar-refractivity contribution in [2.45, 2.75) is 43.5 Å². The van der Waals surface area contributed by atoms with Crippen LogP contribution in [0.25, 0.3) is 32.8 Å². The molecule has 1 aromatic heterocycles. The van der Waals surface area contributed by atoms with Crippen molar-refractivity contribution < 1.29 is 41.4 Å². The van der Waals surface area contributed by atoms with E-state index in [-0.39, 0.29) is 39.6 Å². The van der Waals surface area contributed by atoms with Gasteiger partial charge in [0.1, 0.15) is 23.2 Å². The molecule has 7 rings (SSSR count). The number of pyridine rings is 1. The number of aryl methyl sites for hydroxylation is 1. The smallest absolute Gasteiger partial charge is 0.417 e. The molecule has 0 radical (unpaired) electrons. The highest BCUT2D eigenvalue weighted by Gasteiger charge is 2.42. The van der Waals surface area contributed by atoms with Gasteiger partial charge in [0.15, 0.2) is 0 Å². The van der Waals surface area contributed by atoms with Gasteiger partial charge in [0.05, 0.1) is 28.9 Å². The molecular weight excluding hydrogens is 673 g/mol. The molecule has 8 nitrogen and oxygen atoms in total. The van der Waals surface area contributed by atoms with Crippen LogP contribution in [0.1, 0.15) is 40.7 Å². The number of amides is 1. The molecule has 1 saturated carbocycles. The molecule has 1 aliphatic heterocycles. The number of carbonyl (C=O) groups is 2. The summed E-state index contributed by atoms with van der Waals surface area (Å²) in [5, 5.41) is 12.7. The lowest BCUT2D eigenvalue weighted by Crippen LogP contribution is -2.55. The van der Waals surface area contributed by atoms with E-state index < -0.39 is 58.0 Å². The molecule has 1 amide bonds. The molecule has 2 fully saturated rings. The number of rotatable bonds is 7. The van der Waals surface area contributed by atoms with Crippen molar-refractivity contribution in [2.24, 2.45) is 7.05 Å². The summed E-state index contributed by atoms with van der Waals surface area (Å²) in [6, 6.07) is 15.1. The molecule has 1 spiro atoms. The lowest BCUT2D eigenvalue weighted by molar-refractivity contribution is -0.139. The van der Waals surface area contributed by atoms with Crippen LogP contribution in [-0.2, 0) is 29.2 Å². The Bertz CT molecular complexity index is 2260. The summed E-state index contributed by atoms with van der Waals surface area (Å²) in [5.74, 6) is -5.10. The summed E-state index contributed by atoms with van der Waals surface area (Å²) in [7, 11) is 1.39. The third-order valence-electron chi connectivity index (χ3n) is 10.0. The Balaban J connectivity index is 1.22. The zero-order chi connectivity index (χ0) is 36.2. The van der Waals surface area contributed by atoms with Gasteiger partial charge in [0.2, 0.25) is 0 Å². The number of aliphatic carboxylic acids is 1. The molecule has 5 aromatic rings. The number of para-hydroxylation sites is 1. The Morgan fingerprint density at radius 2 is 1.63 bits per heavy atom. The summed E-state index contributed by atoms with van der Waals surface area (Å²) in [6.07, 6.45) is -2.59. The minimum Gasteiger partial charge on any atom is -0.480 e. The number of nitrogens with one attached hydrogen (secondary N) is 1. The van der Waals surface area contributed by atoms with Crippen molar-refractivity contribution in [3.63, 3.8) is 0 Å². The van der Waals surface area contributed by atoms with Crippen molar-refractivity contribution in [3.8, 4) is 11.1 Å². The Kier molecular flexibility index (Phi) is 8.57. The Labute approximate surface area is 288 Å². The summed E-state index contributed by atoms with van der Waals surface area (Å²) >= 11 is 0. The summed E-state index contributed by atoms with van der Waals surface area (Å²) < 4.78 is 81.8. The van der Waals surface area contributed by atoms with E-state index in [1.165, 1.54) is 61.6 Å². The number of alkyl halides is 3. The number of fused-ring (bicyclic) bond motifs is 2. The van der Waals surface area contributed by atoms with E-state index in [2.05, 4.69) is 5.32 Å². The van der Waals surface area contributed by atoms with Gasteiger partial charge in [-0.3, -0.25) is 9.59 Å². The second kappa shape index (κ2) is 12.8. The van der Waals surface area contributed by atoms with Gasteiger partial charge < -0.3 is 24.6 Å². The first-order chi connectivity index (χ1) is 24.3. The first kappa shape index (κ1) is 34.2. The first-order valence-electron chi connectivity index (χ1n) is 16.4. The molecule has 51 heavy (non-hydrogen) atoms. The van der Waals surface area contributed by atoms with Crippen LogP contribution >= 0.6 is 0 Å². The predicted octanol–water partition coefficient (Wildman–Crippen LogP) is 6.84. The molecular formula is C38H32F5N3O5. The number of morpholine rings is 1. The molecule has 2 heterocycles. The number of anilines is 1. The van der Waals surface area contributed by atoms with Gasteiger partial charge in [-0.2, -0.15) is 13.2 Å². The maximum absolute atomic E-state index is 15.4. The molecule has 1 saturated heterocycles. The Hall–Kier alpha value is -5.30. The maximum atomic E-state index is 15.4. The molecule has 1 atom stereocenters. The molecule has 4 aromatic carbocycles. The quantitative estimate of drug-likeness (QED) is 0.180. The second-order valence-corrected chi connectivity index (χ2v) is 13.1. The standard InChI is InChI=1S/C38H32F5N3O5/c1-45-30-12-3-2-8-26(30)33(38(41,42)43)31(35(45)48)25-11-5-9-23-21(7-4-10-24(23)25)17-29(36(49)50)44-34(47)32-27(39)18-22(19-28(32)40)46-15-16-51-37(20-46)13-6-14-37/h2-5,7-12,18-19,29H,6,13-17,20H2,1H3,(H,44,47)(H,49,50)/t29-/m0/s1. The largest absolute Gasteiger partial charge is 0.480 e. The van der Waals surface area contributed by atoms with E-state index in [0.717, 1.165) is 36.0 Å². The number of carboxylic acids is 1. The monoisotopic (exact) mass is 705 g/mol. The van der Waals surface area contributed by atoms with E-state index >= 15 is 8.78 Å². The predicted molar refractivity (Wildman–Crippen MR) is 181 cm³/mol. The molecule has 2 aliphatic rings. The molecule has 0 unspecified atom stereocenters. The van der Waals surface area contributed by atoms with E-state index in [4.69, 9.17) is 4.74 Å². The van der Waals surface area contributed by atoms with Gasteiger partial charge in [-0.05, 0) is 59.4 Å². The fourth-order valence-corrected chi connectivity index (χ4v) is 7.36. The average Bonchev–Trinajstić information content (AvgIpc) is 3.07. The van der Waals surface area contributed by atoms with Crippen molar-refractivity contribution in [2.75, 3.05) is 24.6 Å². The van der Waals surface area contributed by atoms with Crippen molar-refractivity contribution >= 4 is 39.2 Å². The average molecular weight is 706 g/mol. The SMILES string of the molecule is Cn1c(=O)c(-c2cccc3c(C[C@H](NC(=O)c4c(F)cc(N5CCOC6(CCC6)C5)cc4F)C(=O)O)cccc23)c(C(F)(F)F)c2ccccc21. The molecule has 0 bridgehead atoms. The third kappa shape index (κ3) is 6.09.